The summed E-state index contributed by atoms with van der Waals surface area (Å²) in [5, 5.41) is 0. The number of nitrogens with zero attached hydrogens (tertiary/aromatic N) is 2. The van der Waals surface area contributed by atoms with Crippen LogP contribution in [0.3, 0.4) is 0 Å². The number of aromatic amines is 1. The number of amides is 1. The molecule has 1 N–H and O–H groups in total. The van der Waals surface area contributed by atoms with Gasteiger partial charge >= 0.3 is 0 Å². The average Bonchev–Trinajstić information content (AvgIpc) is 3.40. The predicted octanol–water partition coefficient (Wildman–Crippen LogP) is 4.37. The maximum absolute atomic E-state index is 13.0. The van der Waals surface area contributed by atoms with Gasteiger partial charge in [0, 0.05) is 18.4 Å². The molecule has 26 heavy (non-hydrogen) atoms. The van der Waals surface area contributed by atoms with E-state index in [9.17, 15) is 4.79 Å². The molecule has 2 heterocycles. The molecule has 0 saturated heterocycles. The molecule has 3 aromatic rings. The number of rotatable bonds is 5. The molecule has 0 atom stereocenters. The second kappa shape index (κ2) is 7.60. The molecule has 0 spiro atoms. The van der Waals surface area contributed by atoms with Gasteiger partial charge in [-0.25, -0.2) is 4.98 Å². The molecule has 1 amide bonds. The van der Waals surface area contributed by atoms with Gasteiger partial charge in [0.2, 0.25) is 0 Å². The number of furan rings is 1. The lowest BCUT2D eigenvalue weighted by molar-refractivity contribution is 0.0567. The van der Waals surface area contributed by atoms with E-state index in [1.54, 1.807) is 30.8 Å². The summed E-state index contributed by atoms with van der Waals surface area (Å²) < 4.78 is 5.35. The first-order valence-corrected chi connectivity index (χ1v) is 9.19. The van der Waals surface area contributed by atoms with Crippen LogP contribution in [0.4, 0.5) is 0 Å². The van der Waals surface area contributed by atoms with E-state index in [2.05, 4.69) is 40.3 Å². The van der Waals surface area contributed by atoms with Gasteiger partial charge in [-0.05, 0) is 49.3 Å². The summed E-state index contributed by atoms with van der Waals surface area (Å²) in [4.78, 5) is 22.3. The summed E-state index contributed by atoms with van der Waals surface area (Å²) in [6.07, 6.45) is 9.22. The van der Waals surface area contributed by atoms with Crippen molar-refractivity contribution in [1.82, 2.24) is 14.9 Å². The van der Waals surface area contributed by atoms with E-state index in [-0.39, 0.29) is 11.9 Å². The van der Waals surface area contributed by atoms with Crippen molar-refractivity contribution in [1.29, 1.82) is 0 Å². The molecule has 5 heteroatoms. The van der Waals surface area contributed by atoms with Crippen molar-refractivity contribution < 1.29 is 9.21 Å². The van der Waals surface area contributed by atoms with Crippen molar-refractivity contribution in [2.24, 2.45) is 0 Å². The Morgan fingerprint density at radius 2 is 1.92 bits per heavy atom. The normalized spacial score (nSPS) is 20.0. The van der Waals surface area contributed by atoms with Crippen LogP contribution >= 0.6 is 0 Å². The molecule has 4 rings (SSSR count). The fourth-order valence-electron chi connectivity index (χ4n) is 3.90. The van der Waals surface area contributed by atoms with Crippen LogP contribution in [0.2, 0.25) is 0 Å². The molecule has 134 valence electrons. The first kappa shape index (κ1) is 16.6. The lowest BCUT2D eigenvalue weighted by Crippen LogP contribution is -2.41. The first-order valence-electron chi connectivity index (χ1n) is 9.19. The van der Waals surface area contributed by atoms with Gasteiger partial charge in [-0.3, -0.25) is 4.79 Å². The highest BCUT2D eigenvalue weighted by molar-refractivity contribution is 5.91. The zero-order valence-electron chi connectivity index (χ0n) is 14.7. The number of benzene rings is 1. The third-order valence-corrected chi connectivity index (χ3v) is 5.28. The Labute approximate surface area is 153 Å². The zero-order chi connectivity index (χ0) is 17.8. The number of carbonyl (C=O) groups is 1. The van der Waals surface area contributed by atoms with E-state index >= 15 is 0 Å². The van der Waals surface area contributed by atoms with Crippen LogP contribution < -0.4 is 0 Å². The highest BCUT2D eigenvalue weighted by atomic mass is 16.3. The smallest absolute Gasteiger partial charge is 0.290 e. The van der Waals surface area contributed by atoms with E-state index in [0.717, 1.165) is 31.5 Å². The first-order chi connectivity index (χ1) is 12.8. The number of nitrogens with one attached hydrogen (secondary N) is 1. The monoisotopic (exact) mass is 349 g/mol. The molecule has 2 aromatic heterocycles. The van der Waals surface area contributed by atoms with Crippen LogP contribution in [0.25, 0.3) is 0 Å². The van der Waals surface area contributed by atoms with Gasteiger partial charge in [0.1, 0.15) is 5.82 Å². The minimum absolute atomic E-state index is 0.0606. The number of aromatic nitrogens is 2. The minimum Gasteiger partial charge on any atom is -0.459 e. The van der Waals surface area contributed by atoms with E-state index in [0.29, 0.717) is 18.2 Å². The summed E-state index contributed by atoms with van der Waals surface area (Å²) in [6, 6.07) is 14.4. The topological polar surface area (TPSA) is 62.1 Å². The molecule has 5 nitrogen and oxygen atoms in total. The predicted molar refractivity (Wildman–Crippen MR) is 98.6 cm³/mol. The summed E-state index contributed by atoms with van der Waals surface area (Å²) in [6.45, 7) is 0.479. The highest BCUT2D eigenvalue weighted by Gasteiger charge is 2.31. The standard InChI is InChI=1S/C21H23N3O2/c25-21(19-7-4-14-26-19)24(15-20-22-12-13-23-20)18-10-8-17(9-11-18)16-5-2-1-3-6-16/h1-7,12-14,17-18H,8-11,15H2,(H,22,23). The van der Waals surface area contributed by atoms with Gasteiger partial charge in [0.25, 0.3) is 5.91 Å². The van der Waals surface area contributed by atoms with Crippen LogP contribution in [0.15, 0.2) is 65.5 Å². The number of hydrogen-bond acceptors (Lipinski definition) is 3. The van der Waals surface area contributed by atoms with Crippen LogP contribution in [-0.4, -0.2) is 26.8 Å². The lowest BCUT2D eigenvalue weighted by atomic mass is 9.81. The molecular formula is C21H23N3O2. The van der Waals surface area contributed by atoms with Crippen LogP contribution in [0.5, 0.6) is 0 Å². The summed E-state index contributed by atoms with van der Waals surface area (Å²) in [7, 11) is 0. The summed E-state index contributed by atoms with van der Waals surface area (Å²) >= 11 is 0. The molecule has 0 bridgehead atoms. The Morgan fingerprint density at radius 3 is 2.58 bits per heavy atom. The van der Waals surface area contributed by atoms with E-state index in [1.807, 2.05) is 4.90 Å². The molecule has 1 saturated carbocycles. The maximum atomic E-state index is 13.0. The van der Waals surface area contributed by atoms with Crippen LogP contribution in [-0.2, 0) is 6.54 Å². The maximum Gasteiger partial charge on any atom is 0.290 e. The molecule has 0 aliphatic heterocycles. The quantitative estimate of drug-likeness (QED) is 0.744. The van der Waals surface area contributed by atoms with Crippen molar-refractivity contribution in [2.75, 3.05) is 0 Å². The number of carbonyl (C=O) groups excluding carboxylic acids is 1. The van der Waals surface area contributed by atoms with Gasteiger partial charge in [-0.2, -0.15) is 0 Å². The average molecular weight is 349 g/mol. The van der Waals surface area contributed by atoms with Crippen LogP contribution in [0.1, 0.15) is 53.5 Å². The minimum atomic E-state index is -0.0606. The Bertz CT molecular complexity index is 804. The molecule has 1 aliphatic rings. The molecule has 0 unspecified atom stereocenters. The zero-order valence-corrected chi connectivity index (χ0v) is 14.7. The highest BCUT2D eigenvalue weighted by Crippen LogP contribution is 2.35. The molecule has 0 radical (unpaired) electrons. The Morgan fingerprint density at radius 1 is 1.12 bits per heavy atom. The molecule has 1 fully saturated rings. The van der Waals surface area contributed by atoms with E-state index < -0.39 is 0 Å². The SMILES string of the molecule is O=C(c1ccco1)N(Cc1ncc[nH]1)C1CCC(c2ccccc2)CC1. The van der Waals surface area contributed by atoms with Crippen molar-refractivity contribution in [3.63, 3.8) is 0 Å². The van der Waals surface area contributed by atoms with Gasteiger partial charge in [0.05, 0.1) is 12.8 Å². The number of H-pyrrole nitrogens is 1. The molecule has 1 aromatic carbocycles. The van der Waals surface area contributed by atoms with Crippen molar-refractivity contribution >= 4 is 5.91 Å². The third kappa shape index (κ3) is 3.57. The summed E-state index contributed by atoms with van der Waals surface area (Å²) in [5.74, 6) is 1.71. The number of hydrogen-bond donors (Lipinski definition) is 1. The van der Waals surface area contributed by atoms with Gasteiger partial charge < -0.3 is 14.3 Å². The lowest BCUT2D eigenvalue weighted by Gasteiger charge is -2.36. The third-order valence-electron chi connectivity index (χ3n) is 5.28. The molecule has 1 aliphatic carbocycles. The van der Waals surface area contributed by atoms with Gasteiger partial charge in [-0.15, -0.1) is 0 Å². The molecular weight excluding hydrogens is 326 g/mol. The Hall–Kier alpha value is -2.82. The number of imidazole rings is 1. The van der Waals surface area contributed by atoms with Gasteiger partial charge in [-0.1, -0.05) is 30.3 Å². The van der Waals surface area contributed by atoms with Crippen LogP contribution in [0, 0.1) is 0 Å². The van der Waals surface area contributed by atoms with Crippen molar-refractivity contribution in [2.45, 2.75) is 44.2 Å². The second-order valence-corrected chi connectivity index (χ2v) is 6.86. The van der Waals surface area contributed by atoms with E-state index in [4.69, 9.17) is 4.42 Å². The van der Waals surface area contributed by atoms with Crippen molar-refractivity contribution in [3.8, 4) is 0 Å². The fraction of sp³-hybridized carbons (Fsp3) is 0.333. The Balaban J connectivity index is 1.48. The van der Waals surface area contributed by atoms with Gasteiger partial charge in [0.15, 0.2) is 5.76 Å². The van der Waals surface area contributed by atoms with Crippen molar-refractivity contribution in [3.05, 3.63) is 78.3 Å². The summed E-state index contributed by atoms with van der Waals surface area (Å²) in [5.41, 5.74) is 1.40. The largest absolute Gasteiger partial charge is 0.459 e. The Kier molecular flexibility index (Phi) is 4.86. The fourth-order valence-corrected chi connectivity index (χ4v) is 3.90. The second-order valence-electron chi connectivity index (χ2n) is 6.86. The van der Waals surface area contributed by atoms with E-state index in [1.165, 1.54) is 5.56 Å².